The Hall–Kier alpha value is -1.12. The van der Waals surface area contributed by atoms with E-state index in [0.29, 0.717) is 6.42 Å². The third-order valence-corrected chi connectivity index (χ3v) is 2.69. The lowest BCUT2D eigenvalue weighted by atomic mass is 9.93. The SMILES string of the molecule is O[C@H](c1ccccc1)[C@@H]1C=CC[C@@H]1O. The standard InChI is InChI=1S/C12H14O2/c13-11-8-4-7-10(11)12(14)9-5-2-1-3-6-9/h1-7,10-14H,8H2/t10-,11+,12-/m1/s1. The zero-order chi connectivity index (χ0) is 9.97. The van der Waals surface area contributed by atoms with E-state index in [9.17, 15) is 10.2 Å². The normalized spacial score (nSPS) is 27.9. The Labute approximate surface area is 83.5 Å². The van der Waals surface area contributed by atoms with Gasteiger partial charge in [0.15, 0.2) is 0 Å². The van der Waals surface area contributed by atoms with E-state index in [1.807, 2.05) is 42.5 Å². The molecule has 1 aliphatic carbocycles. The van der Waals surface area contributed by atoms with Gasteiger partial charge in [-0.1, -0.05) is 42.5 Å². The third-order valence-electron chi connectivity index (χ3n) is 2.69. The lowest BCUT2D eigenvalue weighted by molar-refractivity contribution is 0.0456. The highest BCUT2D eigenvalue weighted by atomic mass is 16.3. The number of hydrogen-bond donors (Lipinski definition) is 2. The van der Waals surface area contributed by atoms with Crippen LogP contribution in [0, 0.1) is 5.92 Å². The average molecular weight is 190 g/mol. The smallest absolute Gasteiger partial charge is 0.0877 e. The van der Waals surface area contributed by atoms with Crippen molar-refractivity contribution in [1.82, 2.24) is 0 Å². The minimum atomic E-state index is -0.593. The van der Waals surface area contributed by atoms with Crippen molar-refractivity contribution < 1.29 is 10.2 Å². The summed E-state index contributed by atoms with van der Waals surface area (Å²) in [6.45, 7) is 0. The van der Waals surface area contributed by atoms with Crippen LogP contribution in [0.4, 0.5) is 0 Å². The molecule has 0 aliphatic heterocycles. The van der Waals surface area contributed by atoms with Crippen LogP contribution in [0.5, 0.6) is 0 Å². The van der Waals surface area contributed by atoms with Crippen molar-refractivity contribution in [2.75, 3.05) is 0 Å². The van der Waals surface area contributed by atoms with Gasteiger partial charge in [-0.25, -0.2) is 0 Å². The Balaban J connectivity index is 2.16. The van der Waals surface area contributed by atoms with E-state index >= 15 is 0 Å². The minimum Gasteiger partial charge on any atom is -0.392 e. The number of aliphatic hydroxyl groups excluding tert-OH is 2. The van der Waals surface area contributed by atoms with E-state index in [2.05, 4.69) is 0 Å². The Morgan fingerprint density at radius 2 is 1.93 bits per heavy atom. The molecule has 0 aromatic heterocycles. The first-order valence-electron chi connectivity index (χ1n) is 4.87. The molecule has 0 radical (unpaired) electrons. The highest BCUT2D eigenvalue weighted by molar-refractivity contribution is 5.21. The molecule has 2 heteroatoms. The van der Waals surface area contributed by atoms with Crippen molar-refractivity contribution in [3.8, 4) is 0 Å². The number of rotatable bonds is 2. The molecule has 0 saturated carbocycles. The summed E-state index contributed by atoms with van der Waals surface area (Å²) in [6.07, 6.45) is 3.42. The second-order valence-electron chi connectivity index (χ2n) is 3.66. The molecule has 1 aliphatic rings. The Morgan fingerprint density at radius 1 is 1.21 bits per heavy atom. The van der Waals surface area contributed by atoms with Crippen LogP contribution in [0.1, 0.15) is 18.1 Å². The topological polar surface area (TPSA) is 40.5 Å². The van der Waals surface area contributed by atoms with Crippen molar-refractivity contribution in [3.63, 3.8) is 0 Å². The van der Waals surface area contributed by atoms with Crippen LogP contribution in [-0.2, 0) is 0 Å². The van der Waals surface area contributed by atoms with Crippen LogP contribution in [0.3, 0.4) is 0 Å². The first-order valence-corrected chi connectivity index (χ1v) is 4.87. The average Bonchev–Trinajstić information content (AvgIpc) is 2.65. The molecule has 1 aromatic carbocycles. The fourth-order valence-corrected chi connectivity index (χ4v) is 1.85. The molecule has 0 amide bonds. The van der Waals surface area contributed by atoms with Gasteiger partial charge in [0.05, 0.1) is 12.2 Å². The van der Waals surface area contributed by atoms with Gasteiger partial charge in [-0.05, 0) is 12.0 Å². The quantitative estimate of drug-likeness (QED) is 0.696. The Bertz CT molecular complexity index is 318. The second kappa shape index (κ2) is 3.95. The predicted octanol–water partition coefficient (Wildman–Crippen LogP) is 1.66. The van der Waals surface area contributed by atoms with Crippen LogP contribution in [0.25, 0.3) is 0 Å². The molecular formula is C12H14O2. The zero-order valence-corrected chi connectivity index (χ0v) is 7.88. The van der Waals surface area contributed by atoms with E-state index in [4.69, 9.17) is 0 Å². The molecule has 0 spiro atoms. The highest BCUT2D eigenvalue weighted by Gasteiger charge is 2.28. The molecule has 14 heavy (non-hydrogen) atoms. The molecular weight excluding hydrogens is 176 g/mol. The summed E-state index contributed by atoms with van der Waals surface area (Å²) >= 11 is 0. The number of benzene rings is 1. The van der Waals surface area contributed by atoms with Crippen molar-refractivity contribution in [2.24, 2.45) is 5.92 Å². The number of aliphatic hydroxyl groups is 2. The van der Waals surface area contributed by atoms with Crippen LogP contribution < -0.4 is 0 Å². The van der Waals surface area contributed by atoms with Crippen LogP contribution >= 0.6 is 0 Å². The van der Waals surface area contributed by atoms with Crippen LogP contribution in [-0.4, -0.2) is 16.3 Å². The first kappa shape index (κ1) is 9.44. The van der Waals surface area contributed by atoms with Gasteiger partial charge < -0.3 is 10.2 Å². The van der Waals surface area contributed by atoms with Crippen molar-refractivity contribution in [2.45, 2.75) is 18.6 Å². The van der Waals surface area contributed by atoms with Gasteiger partial charge in [0.2, 0.25) is 0 Å². The summed E-state index contributed by atoms with van der Waals surface area (Å²) in [7, 11) is 0. The van der Waals surface area contributed by atoms with Crippen LogP contribution in [0.2, 0.25) is 0 Å². The first-order chi connectivity index (χ1) is 6.79. The fourth-order valence-electron chi connectivity index (χ4n) is 1.85. The van der Waals surface area contributed by atoms with Gasteiger partial charge in [-0.3, -0.25) is 0 Å². The molecule has 2 nitrogen and oxygen atoms in total. The maximum atomic E-state index is 9.98. The largest absolute Gasteiger partial charge is 0.392 e. The second-order valence-corrected chi connectivity index (χ2v) is 3.66. The summed E-state index contributed by atoms with van der Waals surface area (Å²) in [5, 5.41) is 19.6. The molecule has 0 saturated heterocycles. The molecule has 3 atom stereocenters. The lowest BCUT2D eigenvalue weighted by Gasteiger charge is -2.20. The number of hydrogen-bond acceptors (Lipinski definition) is 2. The van der Waals surface area contributed by atoms with Gasteiger partial charge in [0.1, 0.15) is 0 Å². The van der Waals surface area contributed by atoms with Gasteiger partial charge >= 0.3 is 0 Å². The molecule has 1 aromatic rings. The fraction of sp³-hybridized carbons (Fsp3) is 0.333. The van der Waals surface area contributed by atoms with E-state index in [1.54, 1.807) is 0 Å². The van der Waals surface area contributed by atoms with Gasteiger partial charge in [-0.15, -0.1) is 0 Å². The Morgan fingerprint density at radius 3 is 2.50 bits per heavy atom. The summed E-state index contributed by atoms with van der Waals surface area (Å²) in [6, 6.07) is 9.46. The molecule has 0 heterocycles. The molecule has 2 rings (SSSR count). The van der Waals surface area contributed by atoms with Crippen LogP contribution in [0.15, 0.2) is 42.5 Å². The van der Waals surface area contributed by atoms with Crippen molar-refractivity contribution in [3.05, 3.63) is 48.0 Å². The summed E-state index contributed by atoms with van der Waals surface area (Å²) in [5.74, 6) is -0.155. The van der Waals surface area contributed by atoms with E-state index in [0.717, 1.165) is 5.56 Å². The molecule has 0 bridgehead atoms. The summed E-state index contributed by atoms with van der Waals surface area (Å²) in [4.78, 5) is 0. The van der Waals surface area contributed by atoms with E-state index in [1.165, 1.54) is 0 Å². The summed E-state index contributed by atoms with van der Waals surface area (Å²) < 4.78 is 0. The minimum absolute atomic E-state index is 0.155. The predicted molar refractivity (Wildman–Crippen MR) is 54.7 cm³/mol. The van der Waals surface area contributed by atoms with E-state index in [-0.39, 0.29) is 5.92 Å². The Kier molecular flexibility index (Phi) is 2.66. The highest BCUT2D eigenvalue weighted by Crippen LogP contribution is 2.30. The van der Waals surface area contributed by atoms with E-state index < -0.39 is 12.2 Å². The van der Waals surface area contributed by atoms with Gasteiger partial charge in [0, 0.05) is 5.92 Å². The van der Waals surface area contributed by atoms with Crippen molar-refractivity contribution in [1.29, 1.82) is 0 Å². The maximum Gasteiger partial charge on any atom is 0.0877 e. The molecule has 2 N–H and O–H groups in total. The lowest BCUT2D eigenvalue weighted by Crippen LogP contribution is -2.21. The van der Waals surface area contributed by atoms with Gasteiger partial charge in [-0.2, -0.15) is 0 Å². The zero-order valence-electron chi connectivity index (χ0n) is 7.88. The molecule has 74 valence electrons. The third kappa shape index (κ3) is 1.72. The maximum absolute atomic E-state index is 9.98. The van der Waals surface area contributed by atoms with Gasteiger partial charge in [0.25, 0.3) is 0 Å². The summed E-state index contributed by atoms with van der Waals surface area (Å²) in [5.41, 5.74) is 0.864. The molecule has 0 fully saturated rings. The monoisotopic (exact) mass is 190 g/mol. The molecule has 0 unspecified atom stereocenters. The van der Waals surface area contributed by atoms with Crippen molar-refractivity contribution >= 4 is 0 Å².